The molecule has 0 amide bonds. The van der Waals surface area contributed by atoms with E-state index in [9.17, 15) is 0 Å². The number of rotatable bonds is 2. The second-order valence-electron chi connectivity index (χ2n) is 5.54. The lowest BCUT2D eigenvalue weighted by Gasteiger charge is -2.36. The van der Waals surface area contributed by atoms with Crippen molar-refractivity contribution in [2.24, 2.45) is 7.05 Å². The number of aryl methyl sites for hydroxylation is 1. The molecule has 1 aliphatic rings. The van der Waals surface area contributed by atoms with Crippen molar-refractivity contribution in [1.29, 1.82) is 0 Å². The van der Waals surface area contributed by atoms with Crippen molar-refractivity contribution in [1.82, 2.24) is 25.0 Å². The Balaban J connectivity index is 1.55. The van der Waals surface area contributed by atoms with E-state index in [1.165, 1.54) is 0 Å². The fourth-order valence-corrected chi connectivity index (χ4v) is 3.11. The largest absolute Gasteiger partial charge is 0.368 e. The predicted octanol–water partition coefficient (Wildman–Crippen LogP) is 1.74. The van der Waals surface area contributed by atoms with E-state index >= 15 is 0 Å². The van der Waals surface area contributed by atoms with Crippen LogP contribution in [-0.2, 0) is 7.05 Å². The van der Waals surface area contributed by atoms with Crippen molar-refractivity contribution in [3.8, 4) is 0 Å². The van der Waals surface area contributed by atoms with Gasteiger partial charge >= 0.3 is 0 Å². The number of piperazine rings is 1. The Kier molecular flexibility index (Phi) is 3.49. The van der Waals surface area contributed by atoms with Gasteiger partial charge in [0.15, 0.2) is 17.0 Å². The predicted molar refractivity (Wildman–Crippen MR) is 90.0 cm³/mol. The Morgan fingerprint density at radius 3 is 2.61 bits per heavy atom. The van der Waals surface area contributed by atoms with Gasteiger partial charge in [0.05, 0.1) is 0 Å². The summed E-state index contributed by atoms with van der Waals surface area (Å²) in [6.07, 6.45) is 1.57. The van der Waals surface area contributed by atoms with Crippen LogP contribution in [0.15, 0.2) is 30.6 Å². The second-order valence-corrected chi connectivity index (χ2v) is 5.97. The zero-order valence-electron chi connectivity index (χ0n) is 12.7. The maximum Gasteiger partial charge on any atom is 0.183 e. The van der Waals surface area contributed by atoms with E-state index in [-0.39, 0.29) is 0 Å². The van der Waals surface area contributed by atoms with Crippen LogP contribution in [-0.4, -0.2) is 51.1 Å². The van der Waals surface area contributed by atoms with Gasteiger partial charge in [0.2, 0.25) is 0 Å². The standard InChI is InChI=1S/C15H16ClN7/c1-21-14-13(19-20-21)15(18-10-17-14)23-7-5-22(6-8-23)12-4-2-3-11(16)9-12/h2-4,9-10H,5-8H2,1H3. The SMILES string of the molecule is Cn1nnc2c(N3CCN(c4cccc(Cl)c4)CC3)ncnc21. The van der Waals surface area contributed by atoms with Crippen LogP contribution in [0, 0.1) is 0 Å². The molecule has 1 saturated heterocycles. The fraction of sp³-hybridized carbons (Fsp3) is 0.333. The third-order valence-corrected chi connectivity index (χ3v) is 4.36. The molecule has 1 aliphatic heterocycles. The molecule has 0 atom stereocenters. The van der Waals surface area contributed by atoms with Gasteiger partial charge in [0.1, 0.15) is 6.33 Å². The number of fused-ring (bicyclic) bond motifs is 1. The van der Waals surface area contributed by atoms with E-state index < -0.39 is 0 Å². The molecular weight excluding hydrogens is 314 g/mol. The Labute approximate surface area is 138 Å². The van der Waals surface area contributed by atoms with Crippen LogP contribution in [0.3, 0.4) is 0 Å². The maximum atomic E-state index is 6.08. The van der Waals surface area contributed by atoms with Gasteiger partial charge in [-0.3, -0.25) is 0 Å². The smallest absolute Gasteiger partial charge is 0.183 e. The Bertz CT molecular complexity index is 839. The summed E-state index contributed by atoms with van der Waals surface area (Å²) in [6.45, 7) is 3.56. The number of nitrogens with zero attached hydrogens (tertiary/aromatic N) is 7. The minimum Gasteiger partial charge on any atom is -0.368 e. The molecule has 1 fully saturated rings. The summed E-state index contributed by atoms with van der Waals surface area (Å²) in [6, 6.07) is 7.97. The molecule has 0 radical (unpaired) electrons. The molecule has 0 spiro atoms. The highest BCUT2D eigenvalue weighted by Crippen LogP contribution is 2.24. The number of benzene rings is 1. The summed E-state index contributed by atoms with van der Waals surface area (Å²) < 4.78 is 1.67. The molecule has 8 heteroatoms. The van der Waals surface area contributed by atoms with Crippen molar-refractivity contribution in [2.45, 2.75) is 0 Å². The van der Waals surface area contributed by atoms with E-state index in [2.05, 4.69) is 36.1 Å². The van der Waals surface area contributed by atoms with Crippen LogP contribution >= 0.6 is 11.6 Å². The average molecular weight is 330 g/mol. The zero-order chi connectivity index (χ0) is 15.8. The lowest BCUT2D eigenvalue weighted by atomic mass is 10.2. The molecule has 7 nitrogen and oxygen atoms in total. The molecule has 1 aromatic carbocycles. The highest BCUT2D eigenvalue weighted by Gasteiger charge is 2.22. The zero-order valence-corrected chi connectivity index (χ0v) is 13.5. The van der Waals surface area contributed by atoms with Crippen LogP contribution in [0.5, 0.6) is 0 Å². The highest BCUT2D eigenvalue weighted by molar-refractivity contribution is 6.30. The summed E-state index contributed by atoms with van der Waals surface area (Å²) in [5, 5.41) is 9.00. The van der Waals surface area contributed by atoms with Crippen LogP contribution < -0.4 is 9.80 Å². The van der Waals surface area contributed by atoms with Gasteiger partial charge in [-0.15, -0.1) is 5.10 Å². The van der Waals surface area contributed by atoms with Crippen LogP contribution in [0.25, 0.3) is 11.2 Å². The maximum absolute atomic E-state index is 6.08. The van der Waals surface area contributed by atoms with Gasteiger partial charge in [-0.05, 0) is 18.2 Å². The molecule has 3 aromatic rings. The molecule has 0 N–H and O–H groups in total. The van der Waals surface area contributed by atoms with Crippen LogP contribution in [0.2, 0.25) is 5.02 Å². The molecule has 0 bridgehead atoms. The van der Waals surface area contributed by atoms with Gasteiger partial charge in [0.25, 0.3) is 0 Å². The van der Waals surface area contributed by atoms with Gasteiger partial charge in [-0.2, -0.15) is 0 Å². The molecule has 118 valence electrons. The molecule has 2 aromatic heterocycles. The minimum atomic E-state index is 0.756. The van der Waals surface area contributed by atoms with Crippen molar-refractivity contribution in [3.05, 3.63) is 35.6 Å². The lowest BCUT2D eigenvalue weighted by Crippen LogP contribution is -2.47. The van der Waals surface area contributed by atoms with Gasteiger partial charge in [-0.25, -0.2) is 14.6 Å². The summed E-state index contributed by atoms with van der Waals surface area (Å²) >= 11 is 6.08. The van der Waals surface area contributed by atoms with Crippen LogP contribution in [0.1, 0.15) is 0 Å². The van der Waals surface area contributed by atoms with Gasteiger partial charge in [0, 0.05) is 43.9 Å². The van der Waals surface area contributed by atoms with Crippen molar-refractivity contribution < 1.29 is 0 Å². The lowest BCUT2D eigenvalue weighted by molar-refractivity contribution is 0.648. The topological polar surface area (TPSA) is 63.0 Å². The number of aromatic nitrogens is 5. The summed E-state index contributed by atoms with van der Waals surface area (Å²) in [4.78, 5) is 13.2. The third kappa shape index (κ3) is 2.57. The monoisotopic (exact) mass is 329 g/mol. The summed E-state index contributed by atoms with van der Waals surface area (Å²) in [5.41, 5.74) is 2.67. The Morgan fingerprint density at radius 1 is 1.04 bits per heavy atom. The Morgan fingerprint density at radius 2 is 1.83 bits per heavy atom. The highest BCUT2D eigenvalue weighted by atomic mass is 35.5. The summed E-state index contributed by atoms with van der Waals surface area (Å²) in [5.74, 6) is 0.855. The molecule has 23 heavy (non-hydrogen) atoms. The first-order valence-corrected chi connectivity index (χ1v) is 7.86. The molecule has 0 aliphatic carbocycles. The quantitative estimate of drug-likeness (QED) is 0.713. The van der Waals surface area contributed by atoms with Crippen molar-refractivity contribution in [2.75, 3.05) is 36.0 Å². The first kappa shape index (κ1) is 14.2. The van der Waals surface area contributed by atoms with Crippen molar-refractivity contribution >= 4 is 34.3 Å². The van der Waals surface area contributed by atoms with E-state index in [1.807, 2.05) is 25.2 Å². The number of halogens is 1. The average Bonchev–Trinajstić information content (AvgIpc) is 2.97. The number of hydrogen-bond donors (Lipinski definition) is 0. The molecule has 3 heterocycles. The molecule has 0 unspecified atom stereocenters. The molecule has 4 rings (SSSR count). The van der Waals surface area contributed by atoms with Crippen molar-refractivity contribution in [3.63, 3.8) is 0 Å². The molecule has 0 saturated carbocycles. The number of hydrogen-bond acceptors (Lipinski definition) is 6. The summed E-state index contributed by atoms with van der Waals surface area (Å²) in [7, 11) is 1.84. The fourth-order valence-electron chi connectivity index (χ4n) is 2.92. The van der Waals surface area contributed by atoms with E-state index in [1.54, 1.807) is 11.0 Å². The first-order chi connectivity index (χ1) is 11.2. The van der Waals surface area contributed by atoms with E-state index in [4.69, 9.17) is 11.6 Å². The van der Waals surface area contributed by atoms with Crippen LogP contribution in [0.4, 0.5) is 11.5 Å². The number of anilines is 2. The van der Waals surface area contributed by atoms with E-state index in [0.29, 0.717) is 0 Å². The van der Waals surface area contributed by atoms with Gasteiger partial charge in [-0.1, -0.05) is 22.9 Å². The molecular formula is C15H16ClN7. The minimum absolute atomic E-state index is 0.756. The second kappa shape index (κ2) is 5.66. The first-order valence-electron chi connectivity index (χ1n) is 7.48. The Hall–Kier alpha value is -2.41. The third-order valence-electron chi connectivity index (χ3n) is 4.12. The van der Waals surface area contributed by atoms with E-state index in [0.717, 1.165) is 53.9 Å². The van der Waals surface area contributed by atoms with Gasteiger partial charge < -0.3 is 9.80 Å². The normalized spacial score (nSPS) is 15.4.